The molecule has 0 radical (unpaired) electrons. The quantitative estimate of drug-likeness (QED) is 0.492. The van der Waals surface area contributed by atoms with Crippen molar-refractivity contribution in [3.8, 4) is 17.5 Å². The minimum Gasteiger partial charge on any atom is -0.332 e. The van der Waals surface area contributed by atoms with Gasteiger partial charge in [-0.3, -0.25) is 9.78 Å². The Labute approximate surface area is 174 Å². The first-order valence-corrected chi connectivity index (χ1v) is 9.20. The van der Waals surface area contributed by atoms with Crippen LogP contribution in [0.2, 0.25) is 0 Å². The Morgan fingerprint density at radius 1 is 1.13 bits per heavy atom. The third kappa shape index (κ3) is 3.96. The molecular formula is C22H15F3N5O+. The molecule has 6 nitrogen and oxygen atoms in total. The van der Waals surface area contributed by atoms with Gasteiger partial charge >= 0.3 is 6.18 Å². The van der Waals surface area contributed by atoms with Gasteiger partial charge in [0.25, 0.3) is 11.7 Å². The maximum absolute atomic E-state index is 13.6. The monoisotopic (exact) mass is 422 g/mol. The molecule has 4 rings (SSSR count). The summed E-state index contributed by atoms with van der Waals surface area (Å²) in [7, 11) is 0. The van der Waals surface area contributed by atoms with E-state index >= 15 is 0 Å². The van der Waals surface area contributed by atoms with Crippen molar-refractivity contribution in [2.45, 2.75) is 12.2 Å². The normalized spacial score (nSPS) is 12.3. The van der Waals surface area contributed by atoms with Crippen LogP contribution < -0.4 is 9.72 Å². The summed E-state index contributed by atoms with van der Waals surface area (Å²) in [6.07, 6.45) is -1.82. The molecule has 31 heavy (non-hydrogen) atoms. The first-order valence-electron chi connectivity index (χ1n) is 9.20. The molecule has 0 aliphatic rings. The molecule has 0 saturated carbocycles. The van der Waals surface area contributed by atoms with Crippen LogP contribution in [0.15, 0.2) is 73.1 Å². The highest BCUT2D eigenvalue weighted by Crippen LogP contribution is 2.32. The van der Waals surface area contributed by atoms with Crippen molar-refractivity contribution in [3.05, 3.63) is 90.0 Å². The predicted octanol–water partition coefficient (Wildman–Crippen LogP) is 3.72. The van der Waals surface area contributed by atoms with Gasteiger partial charge in [-0.15, -0.1) is 0 Å². The molecular weight excluding hydrogens is 407 g/mol. The summed E-state index contributed by atoms with van der Waals surface area (Å²) < 4.78 is 42.6. The molecule has 1 unspecified atom stereocenters. The zero-order chi connectivity index (χ0) is 22.0. The Morgan fingerprint density at radius 2 is 1.94 bits per heavy atom. The summed E-state index contributed by atoms with van der Waals surface area (Å²) in [5.74, 6) is -0.474. The van der Waals surface area contributed by atoms with Crippen LogP contribution in [-0.2, 0) is 0 Å². The lowest BCUT2D eigenvalue weighted by Crippen LogP contribution is -2.39. The molecule has 0 spiro atoms. The van der Waals surface area contributed by atoms with Gasteiger partial charge in [-0.05, 0) is 42.5 Å². The van der Waals surface area contributed by atoms with Crippen LogP contribution >= 0.6 is 0 Å². The molecule has 3 heterocycles. The van der Waals surface area contributed by atoms with Crippen LogP contribution in [0.1, 0.15) is 27.8 Å². The number of carbonyl (C=O) groups is 1. The molecule has 0 fully saturated rings. The predicted molar refractivity (Wildman–Crippen MR) is 105 cm³/mol. The van der Waals surface area contributed by atoms with Crippen molar-refractivity contribution in [1.82, 2.24) is 15.3 Å². The van der Waals surface area contributed by atoms with Gasteiger partial charge in [0.2, 0.25) is 5.69 Å². The van der Waals surface area contributed by atoms with E-state index in [2.05, 4.69) is 9.97 Å². The van der Waals surface area contributed by atoms with Gasteiger partial charge in [0.1, 0.15) is 0 Å². The maximum atomic E-state index is 13.6. The molecule has 9 heteroatoms. The molecule has 1 atom stereocenters. The number of imidazole rings is 1. The largest absolute Gasteiger partial charge is 0.414 e. The fraction of sp³-hybridized carbons (Fsp3) is 0.0909. The van der Waals surface area contributed by atoms with E-state index in [4.69, 9.17) is 5.26 Å². The van der Waals surface area contributed by atoms with Crippen molar-refractivity contribution in [1.29, 1.82) is 5.26 Å². The topological polar surface area (TPSA) is 85.7 Å². The zero-order valence-corrected chi connectivity index (χ0v) is 15.9. The van der Waals surface area contributed by atoms with E-state index in [1.807, 2.05) is 11.4 Å². The SMILES string of the molecule is N#Cc1cccc(-c2[nH]c(C(=O)NC(c3ccccn3)C(F)(F)F)c3cccc[n+]23)c1. The highest BCUT2D eigenvalue weighted by atomic mass is 19.4. The second-order valence-electron chi connectivity index (χ2n) is 6.70. The maximum Gasteiger partial charge on any atom is 0.414 e. The van der Waals surface area contributed by atoms with Crippen molar-refractivity contribution < 1.29 is 22.4 Å². The van der Waals surface area contributed by atoms with Crippen LogP contribution in [0.25, 0.3) is 16.9 Å². The Bertz CT molecular complexity index is 1290. The summed E-state index contributed by atoms with van der Waals surface area (Å²) >= 11 is 0. The number of rotatable bonds is 4. The van der Waals surface area contributed by atoms with Crippen molar-refractivity contribution in [2.24, 2.45) is 0 Å². The average molecular weight is 422 g/mol. The molecule has 1 amide bonds. The number of amides is 1. The van der Waals surface area contributed by atoms with Crippen molar-refractivity contribution in [2.75, 3.05) is 0 Å². The van der Waals surface area contributed by atoms with Gasteiger partial charge in [0, 0.05) is 6.20 Å². The van der Waals surface area contributed by atoms with E-state index in [9.17, 15) is 18.0 Å². The third-order valence-electron chi connectivity index (χ3n) is 4.68. The average Bonchev–Trinajstić information content (AvgIpc) is 3.17. The number of aromatic amines is 1. The number of halogens is 3. The number of aromatic nitrogens is 3. The summed E-state index contributed by atoms with van der Waals surface area (Å²) in [6.45, 7) is 0. The van der Waals surface area contributed by atoms with E-state index < -0.39 is 18.1 Å². The molecule has 0 aliphatic carbocycles. The number of pyridine rings is 2. The standard InChI is InChI=1S/C22H14F3N5O/c23-22(24,25)19(16-8-1-3-10-27-16)29-21(31)18-17-9-2-4-11-30(17)20(28-18)15-7-5-6-14(12-15)13-26/h1-12,19H,(H,29,31)/p+1. The van der Waals surface area contributed by atoms with E-state index in [0.29, 0.717) is 22.5 Å². The molecule has 4 aromatic rings. The summed E-state index contributed by atoms with van der Waals surface area (Å²) in [6, 6.07) is 15.6. The first kappa shape index (κ1) is 20.1. The van der Waals surface area contributed by atoms with Crippen LogP contribution in [0.4, 0.5) is 13.2 Å². The number of hydrogen-bond donors (Lipinski definition) is 2. The molecule has 0 bridgehead atoms. The highest BCUT2D eigenvalue weighted by Gasteiger charge is 2.44. The van der Waals surface area contributed by atoms with Crippen LogP contribution in [0.5, 0.6) is 0 Å². The van der Waals surface area contributed by atoms with E-state index in [1.165, 1.54) is 24.4 Å². The van der Waals surface area contributed by atoms with Gasteiger partial charge in [-0.2, -0.15) is 22.8 Å². The summed E-state index contributed by atoms with van der Waals surface area (Å²) in [5, 5.41) is 11.2. The fourth-order valence-corrected chi connectivity index (χ4v) is 3.28. The van der Waals surface area contributed by atoms with Crippen molar-refractivity contribution >= 4 is 11.4 Å². The number of nitrogens with zero attached hydrogens (tertiary/aromatic N) is 3. The molecule has 3 aromatic heterocycles. The number of hydrogen-bond acceptors (Lipinski definition) is 3. The number of benzene rings is 1. The number of nitriles is 1. The second kappa shape index (κ2) is 7.91. The highest BCUT2D eigenvalue weighted by molar-refractivity contribution is 5.98. The summed E-state index contributed by atoms with van der Waals surface area (Å²) in [5.41, 5.74) is 1.06. The lowest BCUT2D eigenvalue weighted by atomic mass is 10.1. The minimum absolute atomic E-state index is 0.0388. The van der Waals surface area contributed by atoms with Crippen molar-refractivity contribution in [3.63, 3.8) is 0 Å². The van der Waals surface area contributed by atoms with Crippen LogP contribution in [-0.4, -0.2) is 22.1 Å². The number of carbonyl (C=O) groups excluding carboxylic acids is 1. The Balaban J connectivity index is 1.77. The number of fused-ring (bicyclic) bond motifs is 1. The van der Waals surface area contributed by atoms with Gasteiger partial charge < -0.3 is 5.32 Å². The molecule has 2 N–H and O–H groups in total. The molecule has 0 aliphatic heterocycles. The van der Waals surface area contributed by atoms with E-state index in [1.54, 1.807) is 53.1 Å². The smallest absolute Gasteiger partial charge is 0.332 e. The Morgan fingerprint density at radius 3 is 2.65 bits per heavy atom. The van der Waals surface area contributed by atoms with Gasteiger partial charge in [0.15, 0.2) is 11.6 Å². The fourth-order valence-electron chi connectivity index (χ4n) is 3.28. The molecule has 0 saturated heterocycles. The van der Waals surface area contributed by atoms with Gasteiger partial charge in [-0.25, -0.2) is 4.98 Å². The first-order chi connectivity index (χ1) is 14.9. The number of H-pyrrole nitrogens is 1. The second-order valence-corrected chi connectivity index (χ2v) is 6.70. The van der Waals surface area contributed by atoms with Crippen LogP contribution in [0, 0.1) is 11.3 Å². The molecule has 1 aromatic carbocycles. The lowest BCUT2D eigenvalue weighted by molar-refractivity contribution is -0.498. The number of nitrogens with one attached hydrogen (secondary N) is 2. The third-order valence-corrected chi connectivity index (χ3v) is 4.68. The van der Waals surface area contributed by atoms with E-state index in [-0.39, 0.29) is 11.4 Å². The van der Waals surface area contributed by atoms with Gasteiger partial charge in [-0.1, -0.05) is 18.2 Å². The summed E-state index contributed by atoms with van der Waals surface area (Å²) in [4.78, 5) is 19.6. The Hall–Kier alpha value is -4.19. The van der Waals surface area contributed by atoms with Crippen LogP contribution in [0.3, 0.4) is 0 Å². The van der Waals surface area contributed by atoms with E-state index in [0.717, 1.165) is 0 Å². The minimum atomic E-state index is -4.73. The Kier molecular flexibility index (Phi) is 5.13. The van der Waals surface area contributed by atoms with Gasteiger partial charge in [0.05, 0.1) is 29.1 Å². The lowest BCUT2D eigenvalue weighted by Gasteiger charge is -2.20. The molecule has 154 valence electrons. The zero-order valence-electron chi connectivity index (χ0n) is 15.9. The number of alkyl halides is 3.